The summed E-state index contributed by atoms with van der Waals surface area (Å²) in [6.07, 6.45) is 6.51. The van der Waals surface area contributed by atoms with Gasteiger partial charge in [-0.3, -0.25) is 4.79 Å². The predicted octanol–water partition coefficient (Wildman–Crippen LogP) is 3.07. The molecule has 5 nitrogen and oxygen atoms in total. The molecule has 2 aromatic rings. The van der Waals surface area contributed by atoms with Gasteiger partial charge < -0.3 is 15.2 Å². The first-order valence-corrected chi connectivity index (χ1v) is 8.31. The highest BCUT2D eigenvalue weighted by Gasteiger charge is 2.17. The molecule has 0 spiro atoms. The van der Waals surface area contributed by atoms with Gasteiger partial charge in [-0.05, 0) is 43.7 Å². The molecule has 2 N–H and O–H groups in total. The van der Waals surface area contributed by atoms with Crippen molar-refractivity contribution in [2.75, 3.05) is 11.9 Å². The molecule has 3 rings (SSSR count). The highest BCUT2D eigenvalue weighted by molar-refractivity contribution is 7.99. The summed E-state index contributed by atoms with van der Waals surface area (Å²) < 4.78 is 1.98. The number of halogens is 1. The molecule has 1 fully saturated rings. The van der Waals surface area contributed by atoms with Gasteiger partial charge in [-0.1, -0.05) is 11.8 Å². The second kappa shape index (κ2) is 8.38. The van der Waals surface area contributed by atoms with Crippen molar-refractivity contribution in [3.63, 3.8) is 0 Å². The van der Waals surface area contributed by atoms with E-state index < -0.39 is 0 Å². The summed E-state index contributed by atoms with van der Waals surface area (Å²) >= 11 is 1.60. The highest BCUT2D eigenvalue weighted by atomic mass is 35.5. The van der Waals surface area contributed by atoms with Crippen LogP contribution in [0, 0.1) is 0 Å². The summed E-state index contributed by atoms with van der Waals surface area (Å²) in [6, 6.07) is 8.21. The molecule has 1 atom stereocenters. The summed E-state index contributed by atoms with van der Waals surface area (Å²) in [7, 11) is 1.97. The number of imidazole rings is 1. The van der Waals surface area contributed by atoms with Gasteiger partial charge in [-0.2, -0.15) is 0 Å². The summed E-state index contributed by atoms with van der Waals surface area (Å²) in [5.41, 5.74) is 0.840. The van der Waals surface area contributed by atoms with Crippen LogP contribution in [0.25, 0.3) is 0 Å². The molecule has 1 aromatic carbocycles. The second-order valence-electron chi connectivity index (χ2n) is 5.49. The Kier molecular flexibility index (Phi) is 6.50. The van der Waals surface area contributed by atoms with E-state index in [9.17, 15) is 4.79 Å². The summed E-state index contributed by atoms with van der Waals surface area (Å²) in [5.74, 6) is 0.0731. The zero-order valence-electron chi connectivity index (χ0n) is 13.0. The van der Waals surface area contributed by atoms with Gasteiger partial charge in [0.2, 0.25) is 5.91 Å². The fraction of sp³-hybridized carbons (Fsp3) is 0.375. The zero-order chi connectivity index (χ0) is 15.4. The molecule has 1 unspecified atom stereocenters. The van der Waals surface area contributed by atoms with Crippen molar-refractivity contribution in [1.82, 2.24) is 14.9 Å². The van der Waals surface area contributed by atoms with Crippen LogP contribution in [0.3, 0.4) is 0 Å². The fourth-order valence-corrected chi connectivity index (χ4v) is 3.33. The van der Waals surface area contributed by atoms with Crippen molar-refractivity contribution in [2.45, 2.75) is 35.4 Å². The number of carbonyl (C=O) groups is 1. The van der Waals surface area contributed by atoms with Crippen molar-refractivity contribution < 1.29 is 4.79 Å². The van der Waals surface area contributed by atoms with Crippen molar-refractivity contribution >= 4 is 35.8 Å². The Balaban J connectivity index is 0.00000192. The number of amides is 1. The van der Waals surface area contributed by atoms with Crippen LogP contribution < -0.4 is 10.6 Å². The van der Waals surface area contributed by atoms with E-state index in [0.29, 0.717) is 12.5 Å². The molecule has 1 amide bonds. The maximum Gasteiger partial charge on any atom is 0.225 e. The molecular weight excluding hydrogens is 332 g/mol. The topological polar surface area (TPSA) is 59.0 Å². The van der Waals surface area contributed by atoms with Crippen LogP contribution in [0.5, 0.6) is 0 Å². The first-order chi connectivity index (χ1) is 10.7. The summed E-state index contributed by atoms with van der Waals surface area (Å²) in [5, 5.41) is 7.24. The minimum atomic E-state index is 0. The number of aryl methyl sites for hydroxylation is 1. The van der Waals surface area contributed by atoms with Crippen LogP contribution in [0.1, 0.15) is 19.3 Å². The SMILES string of the molecule is Cl.Cn1ccnc1Sc1ccc(NC(=O)CC2CCCN2)cc1. The molecule has 1 aliphatic heterocycles. The van der Waals surface area contributed by atoms with Crippen molar-refractivity contribution in [3.05, 3.63) is 36.7 Å². The van der Waals surface area contributed by atoms with Gasteiger partial charge in [0.15, 0.2) is 5.16 Å². The van der Waals surface area contributed by atoms with Crippen LogP contribution in [0.2, 0.25) is 0 Å². The molecule has 7 heteroatoms. The predicted molar refractivity (Wildman–Crippen MR) is 95.3 cm³/mol. The van der Waals surface area contributed by atoms with E-state index in [2.05, 4.69) is 15.6 Å². The number of carbonyl (C=O) groups excluding carboxylic acids is 1. The van der Waals surface area contributed by atoms with E-state index in [-0.39, 0.29) is 18.3 Å². The van der Waals surface area contributed by atoms with Crippen LogP contribution in [-0.4, -0.2) is 28.0 Å². The second-order valence-corrected chi connectivity index (χ2v) is 6.53. The Bertz CT molecular complexity index is 638. The van der Waals surface area contributed by atoms with E-state index in [1.54, 1.807) is 18.0 Å². The maximum atomic E-state index is 12.0. The van der Waals surface area contributed by atoms with Crippen molar-refractivity contribution in [3.8, 4) is 0 Å². The molecule has 0 bridgehead atoms. The van der Waals surface area contributed by atoms with Gasteiger partial charge in [-0.15, -0.1) is 12.4 Å². The number of rotatable bonds is 5. The number of hydrogen-bond acceptors (Lipinski definition) is 4. The van der Waals surface area contributed by atoms with E-state index in [1.807, 2.05) is 42.1 Å². The lowest BCUT2D eigenvalue weighted by Crippen LogP contribution is -2.27. The molecule has 2 heterocycles. The molecule has 1 aliphatic rings. The first kappa shape index (κ1) is 17.8. The average molecular weight is 353 g/mol. The molecule has 23 heavy (non-hydrogen) atoms. The van der Waals surface area contributed by atoms with Gasteiger partial charge in [0, 0.05) is 42.5 Å². The smallest absolute Gasteiger partial charge is 0.225 e. The Morgan fingerprint density at radius 1 is 1.43 bits per heavy atom. The number of aromatic nitrogens is 2. The Labute approximate surface area is 146 Å². The maximum absolute atomic E-state index is 12.0. The van der Waals surface area contributed by atoms with Crippen LogP contribution in [-0.2, 0) is 11.8 Å². The Hall–Kier alpha value is -1.50. The minimum Gasteiger partial charge on any atom is -0.329 e. The van der Waals surface area contributed by atoms with Crippen LogP contribution in [0.15, 0.2) is 46.7 Å². The number of nitrogens with one attached hydrogen (secondary N) is 2. The van der Waals surface area contributed by atoms with Gasteiger partial charge >= 0.3 is 0 Å². The normalized spacial score (nSPS) is 16.8. The summed E-state index contributed by atoms with van der Waals surface area (Å²) in [6.45, 7) is 1.02. The third kappa shape index (κ3) is 4.99. The van der Waals surface area contributed by atoms with E-state index in [4.69, 9.17) is 0 Å². The molecule has 0 radical (unpaired) electrons. The van der Waals surface area contributed by atoms with Gasteiger partial charge in [0.25, 0.3) is 0 Å². The first-order valence-electron chi connectivity index (χ1n) is 7.49. The number of benzene rings is 1. The standard InChI is InChI=1S/C16H20N4OS.ClH/c1-20-10-9-18-16(20)22-14-6-4-12(5-7-14)19-15(21)11-13-3-2-8-17-13;/h4-7,9-10,13,17H,2-3,8,11H2,1H3,(H,19,21);1H. The molecule has 1 saturated heterocycles. The largest absolute Gasteiger partial charge is 0.329 e. The minimum absolute atomic E-state index is 0. The summed E-state index contributed by atoms with van der Waals surface area (Å²) in [4.78, 5) is 17.4. The van der Waals surface area contributed by atoms with Crippen LogP contribution in [0.4, 0.5) is 5.69 Å². The third-order valence-electron chi connectivity index (χ3n) is 3.72. The molecular formula is C16H21ClN4OS. The highest BCUT2D eigenvalue weighted by Crippen LogP contribution is 2.26. The zero-order valence-corrected chi connectivity index (χ0v) is 14.6. The number of anilines is 1. The lowest BCUT2D eigenvalue weighted by atomic mass is 10.1. The van der Waals surface area contributed by atoms with Crippen molar-refractivity contribution in [2.24, 2.45) is 7.05 Å². The van der Waals surface area contributed by atoms with Crippen LogP contribution >= 0.6 is 24.2 Å². The molecule has 1 aromatic heterocycles. The molecule has 0 saturated carbocycles. The van der Waals surface area contributed by atoms with Gasteiger partial charge in [0.1, 0.15) is 0 Å². The van der Waals surface area contributed by atoms with Crippen molar-refractivity contribution in [1.29, 1.82) is 0 Å². The molecule has 0 aliphatic carbocycles. The van der Waals surface area contributed by atoms with E-state index >= 15 is 0 Å². The van der Waals surface area contributed by atoms with Gasteiger partial charge in [0.05, 0.1) is 0 Å². The lowest BCUT2D eigenvalue weighted by Gasteiger charge is -2.10. The number of nitrogens with zero attached hydrogens (tertiary/aromatic N) is 2. The van der Waals surface area contributed by atoms with Gasteiger partial charge in [-0.25, -0.2) is 4.98 Å². The monoisotopic (exact) mass is 352 g/mol. The third-order valence-corrected chi connectivity index (χ3v) is 4.80. The Morgan fingerprint density at radius 3 is 2.83 bits per heavy atom. The quantitative estimate of drug-likeness (QED) is 0.868. The Morgan fingerprint density at radius 2 is 2.22 bits per heavy atom. The van der Waals surface area contributed by atoms with E-state index in [0.717, 1.165) is 35.1 Å². The van der Waals surface area contributed by atoms with E-state index in [1.165, 1.54) is 0 Å². The molecule has 124 valence electrons. The number of hydrogen-bond donors (Lipinski definition) is 2. The fourth-order valence-electron chi connectivity index (χ4n) is 2.53. The average Bonchev–Trinajstić information content (AvgIpc) is 3.14. The lowest BCUT2D eigenvalue weighted by molar-refractivity contribution is -0.116.